The molecule has 1 heterocycles. The SMILES string of the molecule is O=C(Cn1c(Cl)c(S(=O)(=O)c2ccccc2)c2ccccc21)c1ccccc1. The van der Waals surface area contributed by atoms with Crippen molar-refractivity contribution >= 4 is 38.1 Å². The Kier molecular flexibility index (Phi) is 4.79. The van der Waals surface area contributed by atoms with E-state index in [2.05, 4.69) is 0 Å². The zero-order valence-corrected chi connectivity index (χ0v) is 16.3. The smallest absolute Gasteiger partial charge is 0.210 e. The van der Waals surface area contributed by atoms with Crippen molar-refractivity contribution in [2.45, 2.75) is 16.3 Å². The minimum atomic E-state index is -3.84. The Hall–Kier alpha value is -2.89. The predicted octanol–water partition coefficient (Wildman–Crippen LogP) is 5.01. The number of hydrogen-bond donors (Lipinski definition) is 0. The number of sulfone groups is 1. The molecule has 0 aliphatic heterocycles. The summed E-state index contributed by atoms with van der Waals surface area (Å²) < 4.78 is 28.1. The first kappa shape index (κ1) is 18.5. The van der Waals surface area contributed by atoms with Crippen molar-refractivity contribution in [2.24, 2.45) is 0 Å². The molecular formula is C22H16ClNO3S. The van der Waals surface area contributed by atoms with Crippen LogP contribution in [0.1, 0.15) is 10.4 Å². The second-order valence-corrected chi connectivity index (χ2v) is 8.57. The molecule has 0 aliphatic rings. The van der Waals surface area contributed by atoms with Crippen LogP contribution in [0.3, 0.4) is 0 Å². The summed E-state index contributed by atoms with van der Waals surface area (Å²) in [5, 5.41) is 0.534. The van der Waals surface area contributed by atoms with Crippen LogP contribution in [0.4, 0.5) is 0 Å². The molecule has 3 aromatic carbocycles. The first-order chi connectivity index (χ1) is 13.5. The van der Waals surface area contributed by atoms with E-state index in [1.165, 1.54) is 12.1 Å². The summed E-state index contributed by atoms with van der Waals surface area (Å²) in [5.41, 5.74) is 1.15. The van der Waals surface area contributed by atoms with Gasteiger partial charge in [0, 0.05) is 10.9 Å². The van der Waals surface area contributed by atoms with Crippen LogP contribution in [-0.4, -0.2) is 18.8 Å². The van der Waals surface area contributed by atoms with Gasteiger partial charge in [0.15, 0.2) is 5.78 Å². The lowest BCUT2D eigenvalue weighted by atomic mass is 10.1. The Bertz CT molecular complexity index is 1260. The highest BCUT2D eigenvalue weighted by Gasteiger charge is 2.28. The number of fused-ring (bicyclic) bond motifs is 1. The number of benzene rings is 3. The van der Waals surface area contributed by atoms with Crippen LogP contribution in [0, 0.1) is 0 Å². The zero-order valence-electron chi connectivity index (χ0n) is 14.7. The number of ketones is 1. The van der Waals surface area contributed by atoms with Gasteiger partial charge < -0.3 is 4.57 Å². The van der Waals surface area contributed by atoms with Gasteiger partial charge in [0.1, 0.15) is 10.0 Å². The molecule has 0 saturated carbocycles. The Morgan fingerprint density at radius 1 is 0.821 bits per heavy atom. The molecule has 140 valence electrons. The third-order valence-electron chi connectivity index (χ3n) is 4.58. The van der Waals surface area contributed by atoms with Crippen molar-refractivity contribution in [1.82, 2.24) is 4.57 Å². The predicted molar refractivity (Wildman–Crippen MR) is 110 cm³/mol. The van der Waals surface area contributed by atoms with Crippen LogP contribution < -0.4 is 0 Å². The fourth-order valence-electron chi connectivity index (χ4n) is 3.23. The minimum Gasteiger partial charge on any atom is -0.323 e. The number of rotatable bonds is 5. The number of hydrogen-bond acceptors (Lipinski definition) is 3. The fraction of sp³-hybridized carbons (Fsp3) is 0.0455. The van der Waals surface area contributed by atoms with E-state index in [9.17, 15) is 13.2 Å². The van der Waals surface area contributed by atoms with E-state index in [1.54, 1.807) is 71.3 Å². The summed E-state index contributed by atoms with van der Waals surface area (Å²) in [6, 6.07) is 24.0. The maximum absolute atomic E-state index is 13.3. The molecule has 4 aromatic rings. The topological polar surface area (TPSA) is 56.1 Å². The van der Waals surface area contributed by atoms with Gasteiger partial charge in [-0.2, -0.15) is 0 Å². The van der Waals surface area contributed by atoms with Crippen LogP contribution in [-0.2, 0) is 16.4 Å². The monoisotopic (exact) mass is 409 g/mol. The van der Waals surface area contributed by atoms with Gasteiger partial charge in [-0.1, -0.05) is 78.3 Å². The molecule has 0 amide bonds. The summed E-state index contributed by atoms with van der Waals surface area (Å²) in [4.78, 5) is 12.9. The Balaban J connectivity index is 1.89. The maximum Gasteiger partial charge on any atom is 0.210 e. The molecule has 0 spiro atoms. The Morgan fingerprint density at radius 3 is 2.07 bits per heavy atom. The van der Waals surface area contributed by atoms with E-state index in [-0.39, 0.29) is 27.3 Å². The highest BCUT2D eigenvalue weighted by atomic mass is 35.5. The van der Waals surface area contributed by atoms with E-state index >= 15 is 0 Å². The van der Waals surface area contributed by atoms with Gasteiger partial charge in [0.05, 0.1) is 17.0 Å². The van der Waals surface area contributed by atoms with Crippen LogP contribution in [0.15, 0.2) is 94.7 Å². The lowest BCUT2D eigenvalue weighted by molar-refractivity contribution is 0.0973. The molecule has 4 rings (SSSR count). The Labute approximate surface area is 167 Å². The average molecular weight is 410 g/mol. The molecule has 28 heavy (non-hydrogen) atoms. The highest BCUT2D eigenvalue weighted by Crippen LogP contribution is 2.37. The van der Waals surface area contributed by atoms with E-state index in [0.29, 0.717) is 16.5 Å². The van der Waals surface area contributed by atoms with Crippen LogP contribution in [0.25, 0.3) is 10.9 Å². The molecule has 0 bridgehead atoms. The van der Waals surface area contributed by atoms with Gasteiger partial charge >= 0.3 is 0 Å². The summed E-state index contributed by atoms with van der Waals surface area (Å²) in [6.07, 6.45) is 0. The van der Waals surface area contributed by atoms with Gasteiger partial charge in [0.2, 0.25) is 9.84 Å². The number of carbonyl (C=O) groups is 1. The number of halogens is 1. The third-order valence-corrected chi connectivity index (χ3v) is 6.93. The normalized spacial score (nSPS) is 11.6. The fourth-order valence-corrected chi connectivity index (χ4v) is 5.33. The molecule has 1 aromatic heterocycles. The molecule has 0 fully saturated rings. The summed E-state index contributed by atoms with van der Waals surface area (Å²) in [6.45, 7) is -0.0479. The number of aromatic nitrogens is 1. The molecule has 0 aliphatic carbocycles. The van der Waals surface area contributed by atoms with Gasteiger partial charge in [-0.05, 0) is 18.2 Å². The van der Waals surface area contributed by atoms with Crippen molar-refractivity contribution in [2.75, 3.05) is 0 Å². The number of carbonyl (C=O) groups excluding carboxylic acids is 1. The number of para-hydroxylation sites is 1. The van der Waals surface area contributed by atoms with Crippen molar-refractivity contribution in [3.8, 4) is 0 Å². The van der Waals surface area contributed by atoms with Gasteiger partial charge in [-0.25, -0.2) is 8.42 Å². The summed E-state index contributed by atoms with van der Waals surface area (Å²) in [5.74, 6) is -0.146. The summed E-state index contributed by atoms with van der Waals surface area (Å²) >= 11 is 6.55. The van der Waals surface area contributed by atoms with Crippen LogP contribution in [0.2, 0.25) is 5.15 Å². The van der Waals surface area contributed by atoms with E-state index in [0.717, 1.165) is 0 Å². The number of Topliss-reactive ketones (excluding diaryl/α,β-unsaturated/α-hetero) is 1. The first-order valence-corrected chi connectivity index (χ1v) is 10.5. The minimum absolute atomic E-state index is 0.0248. The second-order valence-electron chi connectivity index (χ2n) is 6.33. The van der Waals surface area contributed by atoms with Crippen molar-refractivity contribution in [1.29, 1.82) is 0 Å². The first-order valence-electron chi connectivity index (χ1n) is 8.65. The van der Waals surface area contributed by atoms with Crippen molar-refractivity contribution in [3.63, 3.8) is 0 Å². The quantitative estimate of drug-likeness (QED) is 0.435. The number of nitrogens with zero attached hydrogens (tertiary/aromatic N) is 1. The molecule has 4 nitrogen and oxygen atoms in total. The van der Waals surface area contributed by atoms with Crippen molar-refractivity contribution in [3.05, 3.63) is 95.6 Å². The van der Waals surface area contributed by atoms with Crippen LogP contribution >= 0.6 is 11.6 Å². The molecule has 0 radical (unpaired) electrons. The molecule has 0 N–H and O–H groups in total. The lowest BCUT2D eigenvalue weighted by Crippen LogP contribution is -2.11. The van der Waals surface area contributed by atoms with Crippen LogP contribution in [0.5, 0.6) is 0 Å². The summed E-state index contributed by atoms with van der Waals surface area (Å²) in [7, 11) is -3.84. The van der Waals surface area contributed by atoms with Gasteiger partial charge in [-0.3, -0.25) is 4.79 Å². The highest BCUT2D eigenvalue weighted by molar-refractivity contribution is 7.91. The molecular weight excluding hydrogens is 394 g/mol. The Morgan fingerprint density at radius 2 is 1.39 bits per heavy atom. The van der Waals surface area contributed by atoms with Crippen molar-refractivity contribution < 1.29 is 13.2 Å². The van der Waals surface area contributed by atoms with E-state index < -0.39 is 9.84 Å². The second kappa shape index (κ2) is 7.26. The van der Waals surface area contributed by atoms with E-state index in [1.807, 2.05) is 6.07 Å². The standard InChI is InChI=1S/C22H16ClNO3S/c23-22-21(28(26,27)17-11-5-2-6-12-17)18-13-7-8-14-19(18)24(22)15-20(25)16-9-3-1-4-10-16/h1-14H,15H2. The van der Waals surface area contributed by atoms with E-state index in [4.69, 9.17) is 11.6 Å². The van der Waals surface area contributed by atoms with Gasteiger partial charge in [0.25, 0.3) is 0 Å². The average Bonchev–Trinajstić information content (AvgIpc) is 3.01. The largest absolute Gasteiger partial charge is 0.323 e. The third kappa shape index (κ3) is 3.13. The molecule has 0 saturated heterocycles. The maximum atomic E-state index is 13.3. The molecule has 6 heteroatoms. The molecule has 0 unspecified atom stereocenters. The lowest BCUT2D eigenvalue weighted by Gasteiger charge is -2.07. The molecule has 0 atom stereocenters. The zero-order chi connectivity index (χ0) is 19.7. The van der Waals surface area contributed by atoms with Gasteiger partial charge in [-0.15, -0.1) is 0 Å².